The molecule has 1 aromatic rings. The molecule has 2 N–H and O–H groups in total. The van der Waals surface area contributed by atoms with Crippen molar-refractivity contribution in [1.29, 1.82) is 0 Å². The summed E-state index contributed by atoms with van der Waals surface area (Å²) >= 11 is 2.09. The second-order valence-corrected chi connectivity index (χ2v) is 5.63. The minimum absolute atomic E-state index is 0.232. The van der Waals surface area contributed by atoms with Gasteiger partial charge in [-0.2, -0.15) is 0 Å². The maximum Gasteiger partial charge on any atom is 0.124 e. The molecule has 4 heteroatoms. The van der Waals surface area contributed by atoms with Gasteiger partial charge < -0.3 is 5.73 Å². The number of rotatable bonds is 2. The monoisotopic (exact) mass is 346 g/mol. The van der Waals surface area contributed by atoms with Crippen LogP contribution in [0.1, 0.15) is 32.1 Å². The van der Waals surface area contributed by atoms with Crippen molar-refractivity contribution < 1.29 is 4.39 Å². The molecule has 0 radical (unpaired) electrons. The first-order chi connectivity index (χ1) is 8.16. The molecule has 0 bridgehead atoms. The van der Waals surface area contributed by atoms with E-state index in [0.717, 1.165) is 22.1 Å². The van der Waals surface area contributed by atoms with Crippen LogP contribution in [0.2, 0.25) is 0 Å². The first-order valence-corrected chi connectivity index (χ1v) is 7.04. The van der Waals surface area contributed by atoms with Crippen LogP contribution in [0.15, 0.2) is 23.2 Å². The molecule has 1 aliphatic rings. The third-order valence-corrected chi connectivity index (χ3v) is 4.05. The van der Waals surface area contributed by atoms with Crippen LogP contribution >= 0.6 is 22.6 Å². The third-order valence-electron chi connectivity index (χ3n) is 3.18. The van der Waals surface area contributed by atoms with Gasteiger partial charge in [0.25, 0.3) is 0 Å². The van der Waals surface area contributed by atoms with Gasteiger partial charge in [0.1, 0.15) is 11.7 Å². The van der Waals surface area contributed by atoms with Crippen LogP contribution in [-0.2, 0) is 0 Å². The molecule has 0 aliphatic heterocycles. The molecule has 17 heavy (non-hydrogen) atoms. The highest BCUT2D eigenvalue weighted by molar-refractivity contribution is 14.1. The molecule has 0 spiro atoms. The Morgan fingerprint density at radius 1 is 1.29 bits per heavy atom. The van der Waals surface area contributed by atoms with Gasteiger partial charge >= 0.3 is 0 Å². The smallest absolute Gasteiger partial charge is 0.124 e. The Morgan fingerprint density at radius 3 is 2.65 bits per heavy atom. The van der Waals surface area contributed by atoms with E-state index in [1.165, 1.54) is 31.4 Å². The lowest BCUT2D eigenvalue weighted by atomic mass is 9.88. The number of aliphatic imine (C=N–C) groups is 1. The van der Waals surface area contributed by atoms with Gasteiger partial charge in [-0.15, -0.1) is 0 Å². The summed E-state index contributed by atoms with van der Waals surface area (Å²) in [6, 6.07) is 4.59. The molecule has 0 amide bonds. The zero-order valence-corrected chi connectivity index (χ0v) is 11.8. The highest BCUT2D eigenvalue weighted by Crippen LogP contribution is 2.27. The minimum atomic E-state index is -0.232. The van der Waals surface area contributed by atoms with Crippen molar-refractivity contribution in [3.8, 4) is 0 Å². The van der Waals surface area contributed by atoms with Gasteiger partial charge in [0.15, 0.2) is 0 Å². The fourth-order valence-electron chi connectivity index (χ4n) is 2.20. The highest BCUT2D eigenvalue weighted by Gasteiger charge is 2.17. The Kier molecular flexibility index (Phi) is 4.36. The lowest BCUT2D eigenvalue weighted by molar-refractivity contribution is 0.437. The van der Waals surface area contributed by atoms with Gasteiger partial charge in [0.2, 0.25) is 0 Å². The summed E-state index contributed by atoms with van der Waals surface area (Å²) in [6.45, 7) is 0. The fourth-order valence-corrected chi connectivity index (χ4v) is 2.80. The summed E-state index contributed by atoms with van der Waals surface area (Å²) < 4.78 is 13.8. The lowest BCUT2D eigenvalue weighted by Gasteiger charge is -2.20. The maximum atomic E-state index is 13.0. The molecule has 1 saturated carbocycles. The number of halogens is 2. The van der Waals surface area contributed by atoms with Crippen LogP contribution in [0.4, 0.5) is 10.1 Å². The predicted octanol–water partition coefficient (Wildman–Crippen LogP) is 4.00. The Labute approximate surface area is 115 Å². The lowest BCUT2D eigenvalue weighted by Crippen LogP contribution is -2.25. The summed E-state index contributed by atoms with van der Waals surface area (Å²) in [6.07, 6.45) is 6.04. The van der Waals surface area contributed by atoms with Crippen molar-refractivity contribution in [2.24, 2.45) is 16.6 Å². The molecule has 2 rings (SSSR count). The van der Waals surface area contributed by atoms with Gasteiger partial charge in [0.05, 0.1) is 5.69 Å². The zero-order chi connectivity index (χ0) is 12.3. The van der Waals surface area contributed by atoms with Crippen molar-refractivity contribution in [1.82, 2.24) is 0 Å². The Balaban J connectivity index is 2.16. The van der Waals surface area contributed by atoms with Crippen LogP contribution < -0.4 is 5.73 Å². The SMILES string of the molecule is NC(=Nc1ccc(F)cc1I)C1CCCCC1. The van der Waals surface area contributed by atoms with Crippen LogP contribution in [0, 0.1) is 15.3 Å². The van der Waals surface area contributed by atoms with E-state index < -0.39 is 0 Å². The quantitative estimate of drug-likeness (QED) is 0.491. The van der Waals surface area contributed by atoms with Crippen LogP contribution in [0.3, 0.4) is 0 Å². The molecular formula is C13H16FIN2. The molecular weight excluding hydrogens is 330 g/mol. The molecule has 2 nitrogen and oxygen atoms in total. The van der Waals surface area contributed by atoms with Crippen LogP contribution in [0.25, 0.3) is 0 Å². The predicted molar refractivity (Wildman–Crippen MR) is 77.0 cm³/mol. The highest BCUT2D eigenvalue weighted by atomic mass is 127. The van der Waals surface area contributed by atoms with Gasteiger partial charge in [-0.1, -0.05) is 19.3 Å². The van der Waals surface area contributed by atoms with Crippen LogP contribution in [0.5, 0.6) is 0 Å². The average Bonchev–Trinajstić information content (AvgIpc) is 2.34. The van der Waals surface area contributed by atoms with E-state index >= 15 is 0 Å². The Bertz CT molecular complexity index is 425. The number of benzene rings is 1. The number of nitrogens with zero attached hydrogens (tertiary/aromatic N) is 1. The van der Waals surface area contributed by atoms with Crippen molar-refractivity contribution >= 4 is 34.1 Å². The van der Waals surface area contributed by atoms with Crippen molar-refractivity contribution in [2.45, 2.75) is 32.1 Å². The summed E-state index contributed by atoms with van der Waals surface area (Å²) in [5, 5.41) is 0. The van der Waals surface area contributed by atoms with Crippen molar-refractivity contribution in [2.75, 3.05) is 0 Å². The van der Waals surface area contributed by atoms with Gasteiger partial charge in [-0.05, 0) is 53.6 Å². The maximum absolute atomic E-state index is 13.0. The topological polar surface area (TPSA) is 38.4 Å². The molecule has 1 aromatic carbocycles. The Hall–Kier alpha value is -0.650. The second kappa shape index (κ2) is 5.80. The summed E-state index contributed by atoms with van der Waals surface area (Å²) in [5.74, 6) is 0.878. The number of hydrogen-bond donors (Lipinski definition) is 1. The third kappa shape index (κ3) is 3.40. The summed E-state index contributed by atoms with van der Waals surface area (Å²) in [7, 11) is 0. The van der Waals surface area contributed by atoms with E-state index in [4.69, 9.17) is 5.73 Å². The van der Waals surface area contributed by atoms with E-state index in [9.17, 15) is 4.39 Å². The van der Waals surface area contributed by atoms with E-state index in [1.54, 1.807) is 6.07 Å². The molecule has 0 aromatic heterocycles. The van der Waals surface area contributed by atoms with E-state index in [2.05, 4.69) is 27.6 Å². The fraction of sp³-hybridized carbons (Fsp3) is 0.462. The minimum Gasteiger partial charge on any atom is -0.387 e. The molecule has 0 saturated heterocycles. The molecule has 0 atom stereocenters. The Morgan fingerprint density at radius 2 is 2.00 bits per heavy atom. The first kappa shape index (κ1) is 12.8. The normalized spacial score (nSPS) is 18.4. The molecule has 1 fully saturated rings. The second-order valence-electron chi connectivity index (χ2n) is 4.47. The van der Waals surface area contributed by atoms with Crippen molar-refractivity contribution in [3.05, 3.63) is 27.6 Å². The largest absolute Gasteiger partial charge is 0.387 e. The molecule has 0 heterocycles. The number of nitrogens with two attached hydrogens (primary N) is 1. The number of hydrogen-bond acceptors (Lipinski definition) is 1. The average molecular weight is 346 g/mol. The molecule has 1 aliphatic carbocycles. The summed E-state index contributed by atoms with van der Waals surface area (Å²) in [4.78, 5) is 4.44. The zero-order valence-electron chi connectivity index (χ0n) is 9.63. The number of amidine groups is 1. The standard InChI is InChI=1S/C13H16FIN2/c14-10-6-7-12(11(15)8-10)17-13(16)9-4-2-1-3-5-9/h6-9H,1-5H2,(H2,16,17). The van der Waals surface area contributed by atoms with Crippen molar-refractivity contribution in [3.63, 3.8) is 0 Å². The molecule has 0 unspecified atom stereocenters. The van der Waals surface area contributed by atoms with Gasteiger partial charge in [-0.25, -0.2) is 9.38 Å². The van der Waals surface area contributed by atoms with Crippen LogP contribution in [-0.4, -0.2) is 5.84 Å². The van der Waals surface area contributed by atoms with E-state index in [-0.39, 0.29) is 5.82 Å². The summed E-state index contributed by atoms with van der Waals surface area (Å²) in [5.41, 5.74) is 6.81. The van der Waals surface area contributed by atoms with E-state index in [0.29, 0.717) is 11.8 Å². The first-order valence-electron chi connectivity index (χ1n) is 5.96. The van der Waals surface area contributed by atoms with E-state index in [1.807, 2.05) is 0 Å². The van der Waals surface area contributed by atoms with Gasteiger partial charge in [-0.3, -0.25) is 0 Å². The molecule has 92 valence electrons. The van der Waals surface area contributed by atoms with Gasteiger partial charge in [0, 0.05) is 9.49 Å².